The first-order valence-corrected chi connectivity index (χ1v) is 7.40. The molecule has 76 valence electrons. The molecule has 0 aliphatic heterocycles. The van der Waals surface area contributed by atoms with Crippen LogP contribution in [0.4, 0.5) is 0 Å². The van der Waals surface area contributed by atoms with Crippen LogP contribution in [0.5, 0.6) is 0 Å². The second-order valence-corrected chi connectivity index (χ2v) is 6.44. The van der Waals surface area contributed by atoms with E-state index in [4.69, 9.17) is 0 Å². The number of hydrogen-bond donors (Lipinski definition) is 0. The van der Waals surface area contributed by atoms with E-state index in [1.807, 2.05) is 0 Å². The average molecular weight is 375 g/mol. The smallest absolute Gasteiger partial charge is 0.0469 e. The minimum absolute atomic E-state index is 0.514. The lowest BCUT2D eigenvalue weighted by Crippen LogP contribution is -2.00. The van der Waals surface area contributed by atoms with Gasteiger partial charge in [-0.1, -0.05) is 73.5 Å². The van der Waals surface area contributed by atoms with E-state index in [0.717, 1.165) is 0 Å². The number of halogens is 3. The number of hydrogen-bond acceptors (Lipinski definition) is 0. The number of alkyl halides is 1. The Bertz CT molecular complexity index is 187. The molecule has 0 radical (unpaired) electrons. The Morgan fingerprint density at radius 3 is 2.31 bits per heavy atom. The second-order valence-electron chi connectivity index (χ2n) is 3.53. The van der Waals surface area contributed by atoms with Gasteiger partial charge >= 0.3 is 0 Å². The predicted octanol–water partition coefficient (Wildman–Crippen LogP) is 5.50. The van der Waals surface area contributed by atoms with Crippen LogP contribution < -0.4 is 0 Å². The van der Waals surface area contributed by atoms with Crippen LogP contribution in [-0.2, 0) is 0 Å². The molecule has 1 unspecified atom stereocenters. The molecule has 1 rings (SSSR count). The Hall–Kier alpha value is 1.18. The first-order valence-electron chi connectivity index (χ1n) is 4.90. The highest BCUT2D eigenvalue weighted by Gasteiger charge is 2.12. The summed E-state index contributed by atoms with van der Waals surface area (Å²) in [5.41, 5.74) is 0. The molecule has 0 aromatic rings. The summed E-state index contributed by atoms with van der Waals surface area (Å²) in [6, 6.07) is 0. The molecule has 0 aromatic heterocycles. The van der Waals surface area contributed by atoms with Crippen molar-refractivity contribution in [1.29, 1.82) is 0 Å². The van der Waals surface area contributed by atoms with Crippen molar-refractivity contribution in [2.75, 3.05) is 0 Å². The molecule has 1 aliphatic rings. The number of rotatable bonds is 0. The van der Waals surface area contributed by atoms with Crippen molar-refractivity contribution >= 4 is 47.8 Å². The summed E-state index contributed by atoms with van der Waals surface area (Å²) in [6.45, 7) is 0. The third-order valence-corrected chi connectivity index (χ3v) is 6.31. The molecule has 1 atom stereocenters. The van der Waals surface area contributed by atoms with Crippen molar-refractivity contribution in [3.8, 4) is 0 Å². The van der Waals surface area contributed by atoms with Gasteiger partial charge in [-0.15, -0.1) is 0 Å². The lowest BCUT2D eigenvalue weighted by Gasteiger charge is -2.13. The standard InChI is InChI=1S/C10H15Br3/c11-8-6-4-2-1-3-5-7-9(12)10(8)13/h8H,1-7H2/b10-9-. The predicted molar refractivity (Wildman–Crippen MR) is 69.9 cm³/mol. The van der Waals surface area contributed by atoms with Crippen LogP contribution in [0.25, 0.3) is 0 Å². The molecule has 0 saturated heterocycles. The van der Waals surface area contributed by atoms with Gasteiger partial charge in [0.2, 0.25) is 0 Å². The van der Waals surface area contributed by atoms with Crippen molar-refractivity contribution in [2.45, 2.75) is 49.8 Å². The maximum absolute atomic E-state index is 3.70. The summed E-state index contributed by atoms with van der Waals surface area (Å²) in [6.07, 6.45) is 9.25. The minimum Gasteiger partial charge on any atom is -0.0833 e. The van der Waals surface area contributed by atoms with E-state index in [9.17, 15) is 0 Å². The third-order valence-electron chi connectivity index (χ3n) is 2.39. The summed E-state index contributed by atoms with van der Waals surface area (Å²) in [5, 5.41) is 0. The van der Waals surface area contributed by atoms with E-state index in [2.05, 4.69) is 47.8 Å². The second kappa shape index (κ2) is 6.62. The van der Waals surface area contributed by atoms with E-state index >= 15 is 0 Å². The van der Waals surface area contributed by atoms with Crippen LogP contribution in [-0.4, -0.2) is 4.83 Å². The highest BCUT2D eigenvalue weighted by molar-refractivity contribution is 9.15. The molecule has 0 heterocycles. The first-order chi connectivity index (χ1) is 6.22. The first kappa shape index (κ1) is 12.3. The molecular formula is C10H15Br3. The lowest BCUT2D eigenvalue weighted by atomic mass is 10.1. The van der Waals surface area contributed by atoms with Crippen LogP contribution in [0, 0.1) is 0 Å². The van der Waals surface area contributed by atoms with E-state index in [-0.39, 0.29) is 0 Å². The van der Waals surface area contributed by atoms with Crippen molar-refractivity contribution in [1.82, 2.24) is 0 Å². The highest BCUT2D eigenvalue weighted by atomic mass is 79.9. The molecule has 0 bridgehead atoms. The molecular weight excluding hydrogens is 360 g/mol. The third kappa shape index (κ3) is 4.48. The van der Waals surface area contributed by atoms with E-state index < -0.39 is 0 Å². The van der Waals surface area contributed by atoms with Gasteiger partial charge in [-0.2, -0.15) is 0 Å². The molecule has 0 nitrogen and oxygen atoms in total. The van der Waals surface area contributed by atoms with Gasteiger partial charge in [-0.05, 0) is 19.3 Å². The van der Waals surface area contributed by atoms with E-state index in [1.165, 1.54) is 53.9 Å². The molecule has 0 amide bonds. The zero-order chi connectivity index (χ0) is 9.68. The van der Waals surface area contributed by atoms with Gasteiger partial charge in [-0.3, -0.25) is 0 Å². The number of allylic oxidation sites excluding steroid dienone is 2. The Morgan fingerprint density at radius 2 is 1.54 bits per heavy atom. The SMILES string of the molecule is Br/C1=C(\Br)C(Br)CCCCCCC1. The van der Waals surface area contributed by atoms with Gasteiger partial charge in [0.15, 0.2) is 0 Å². The molecule has 3 heteroatoms. The Morgan fingerprint density at radius 1 is 0.923 bits per heavy atom. The molecule has 1 aliphatic carbocycles. The van der Waals surface area contributed by atoms with Gasteiger partial charge in [-0.25, -0.2) is 0 Å². The van der Waals surface area contributed by atoms with Crippen LogP contribution in [0.15, 0.2) is 8.96 Å². The summed E-state index contributed by atoms with van der Waals surface area (Å²) in [5.74, 6) is 0. The highest BCUT2D eigenvalue weighted by Crippen LogP contribution is 2.33. The van der Waals surface area contributed by atoms with Crippen LogP contribution in [0.2, 0.25) is 0 Å². The molecule has 0 saturated carbocycles. The maximum atomic E-state index is 3.70. The summed E-state index contributed by atoms with van der Waals surface area (Å²) in [4.78, 5) is 0.514. The monoisotopic (exact) mass is 372 g/mol. The topological polar surface area (TPSA) is 0 Å². The van der Waals surface area contributed by atoms with E-state index in [1.54, 1.807) is 0 Å². The zero-order valence-electron chi connectivity index (χ0n) is 7.66. The van der Waals surface area contributed by atoms with Crippen molar-refractivity contribution in [3.63, 3.8) is 0 Å². The van der Waals surface area contributed by atoms with Crippen molar-refractivity contribution in [2.24, 2.45) is 0 Å². The quantitative estimate of drug-likeness (QED) is 0.491. The van der Waals surface area contributed by atoms with E-state index in [0.29, 0.717) is 4.83 Å². The molecule has 0 N–H and O–H groups in total. The van der Waals surface area contributed by atoms with Gasteiger partial charge in [0, 0.05) is 13.8 Å². The summed E-state index contributed by atoms with van der Waals surface area (Å²) >= 11 is 11.0. The minimum atomic E-state index is 0.514. The molecule has 0 aromatic carbocycles. The Balaban J connectivity index is 2.58. The fourth-order valence-electron chi connectivity index (χ4n) is 1.55. The van der Waals surface area contributed by atoms with Crippen LogP contribution >= 0.6 is 47.8 Å². The molecule has 0 spiro atoms. The van der Waals surface area contributed by atoms with Crippen molar-refractivity contribution < 1.29 is 0 Å². The Kier molecular flexibility index (Phi) is 6.24. The normalized spacial score (nSPS) is 33.0. The summed E-state index contributed by atoms with van der Waals surface area (Å²) in [7, 11) is 0. The fourth-order valence-corrected chi connectivity index (χ4v) is 3.44. The van der Waals surface area contributed by atoms with Gasteiger partial charge in [0.1, 0.15) is 0 Å². The largest absolute Gasteiger partial charge is 0.0833 e. The fraction of sp³-hybridized carbons (Fsp3) is 0.800. The van der Waals surface area contributed by atoms with Gasteiger partial charge < -0.3 is 0 Å². The van der Waals surface area contributed by atoms with Crippen LogP contribution in [0.1, 0.15) is 44.9 Å². The lowest BCUT2D eigenvalue weighted by molar-refractivity contribution is 0.595. The zero-order valence-corrected chi connectivity index (χ0v) is 12.4. The van der Waals surface area contributed by atoms with Gasteiger partial charge in [0.25, 0.3) is 0 Å². The summed E-state index contributed by atoms with van der Waals surface area (Å²) < 4.78 is 2.66. The molecule has 13 heavy (non-hydrogen) atoms. The van der Waals surface area contributed by atoms with Crippen LogP contribution in [0.3, 0.4) is 0 Å². The average Bonchev–Trinajstić information content (AvgIpc) is 2.13. The van der Waals surface area contributed by atoms with Gasteiger partial charge in [0.05, 0.1) is 0 Å². The van der Waals surface area contributed by atoms with Crippen molar-refractivity contribution in [3.05, 3.63) is 8.96 Å². The molecule has 0 fully saturated rings. The maximum Gasteiger partial charge on any atom is 0.0469 e. The Labute approximate surface area is 106 Å².